The van der Waals surface area contributed by atoms with E-state index in [1.165, 1.54) is 11.8 Å². The molecule has 1 aliphatic heterocycles. The average molecular weight is 415 g/mol. The lowest BCUT2D eigenvalue weighted by molar-refractivity contribution is -0.133. The van der Waals surface area contributed by atoms with E-state index in [0.29, 0.717) is 29.5 Å². The molecule has 3 aromatic rings. The first-order chi connectivity index (χ1) is 15.0. The summed E-state index contributed by atoms with van der Waals surface area (Å²) in [6.45, 7) is 3.71. The molecule has 1 aliphatic rings. The highest BCUT2D eigenvalue weighted by Crippen LogP contribution is 2.29. The van der Waals surface area contributed by atoms with Gasteiger partial charge in [0.15, 0.2) is 0 Å². The van der Waals surface area contributed by atoms with Crippen LogP contribution in [0.4, 0.5) is 17.2 Å². The number of pyridine rings is 1. The lowest BCUT2D eigenvalue weighted by atomic mass is 9.91. The van der Waals surface area contributed by atoms with Crippen molar-refractivity contribution in [3.63, 3.8) is 0 Å². The van der Waals surface area contributed by atoms with Gasteiger partial charge < -0.3 is 21.3 Å². The number of aromatic nitrogens is 1. The van der Waals surface area contributed by atoms with E-state index in [0.717, 1.165) is 24.3 Å². The zero-order valence-corrected chi connectivity index (χ0v) is 17.3. The summed E-state index contributed by atoms with van der Waals surface area (Å²) >= 11 is 0. The van der Waals surface area contributed by atoms with E-state index in [-0.39, 0.29) is 5.91 Å². The summed E-state index contributed by atoms with van der Waals surface area (Å²) in [5.74, 6) is 0.593. The molecule has 0 bridgehead atoms. The Balaban J connectivity index is 1.44. The van der Waals surface area contributed by atoms with Crippen LogP contribution in [0, 0.1) is 0 Å². The lowest BCUT2D eigenvalue weighted by Gasteiger charge is -2.39. The summed E-state index contributed by atoms with van der Waals surface area (Å²) in [6, 6.07) is 19.8. The number of primary amides is 1. The van der Waals surface area contributed by atoms with Gasteiger partial charge in [0, 0.05) is 50.4 Å². The zero-order chi connectivity index (χ0) is 21.8. The highest BCUT2D eigenvalue weighted by atomic mass is 16.2. The summed E-state index contributed by atoms with van der Waals surface area (Å²) in [7, 11) is 0. The molecule has 4 N–H and O–H groups in total. The van der Waals surface area contributed by atoms with Crippen molar-refractivity contribution in [3.8, 4) is 0 Å². The number of nitrogens with two attached hydrogens (primary N) is 1. The molecule has 0 radical (unpaired) electrons. The Bertz CT molecular complexity index is 1080. The fraction of sp³-hybridized carbons (Fsp3) is 0.208. The summed E-state index contributed by atoms with van der Waals surface area (Å²) < 4.78 is 0. The molecule has 31 heavy (non-hydrogen) atoms. The average Bonchev–Trinajstić information content (AvgIpc) is 2.73. The van der Waals surface area contributed by atoms with Crippen molar-refractivity contribution in [2.45, 2.75) is 19.4 Å². The Labute approximate surface area is 181 Å². The Morgan fingerprint density at radius 1 is 1.10 bits per heavy atom. The summed E-state index contributed by atoms with van der Waals surface area (Å²) in [5, 5.41) is 6.55. The monoisotopic (exact) mass is 415 g/mol. The molecule has 7 heteroatoms. The zero-order valence-electron chi connectivity index (χ0n) is 17.3. The van der Waals surface area contributed by atoms with Crippen LogP contribution in [-0.4, -0.2) is 34.8 Å². The fourth-order valence-corrected chi connectivity index (χ4v) is 3.59. The van der Waals surface area contributed by atoms with Crippen LogP contribution in [0.3, 0.4) is 0 Å². The predicted molar refractivity (Wildman–Crippen MR) is 121 cm³/mol. The van der Waals surface area contributed by atoms with Crippen LogP contribution in [0.15, 0.2) is 66.9 Å². The normalized spacial score (nSPS) is 13.4. The van der Waals surface area contributed by atoms with Crippen LogP contribution in [0.1, 0.15) is 34.3 Å². The molecule has 2 amide bonds. The van der Waals surface area contributed by atoms with Crippen molar-refractivity contribution >= 4 is 29.0 Å². The van der Waals surface area contributed by atoms with E-state index < -0.39 is 5.91 Å². The number of nitrogens with zero attached hydrogens (tertiary/aromatic N) is 2. The topological polar surface area (TPSA) is 100 Å². The molecule has 2 heterocycles. The molecule has 1 saturated heterocycles. The molecule has 1 fully saturated rings. The van der Waals surface area contributed by atoms with Crippen molar-refractivity contribution in [1.29, 1.82) is 0 Å². The van der Waals surface area contributed by atoms with Crippen molar-refractivity contribution < 1.29 is 9.59 Å². The third-order valence-electron chi connectivity index (χ3n) is 5.48. The second-order valence-electron chi connectivity index (χ2n) is 7.69. The number of likely N-dealkylation sites (tertiary alicyclic amines) is 1. The van der Waals surface area contributed by atoms with Crippen LogP contribution < -0.4 is 16.4 Å². The van der Waals surface area contributed by atoms with E-state index in [2.05, 4.69) is 27.8 Å². The van der Waals surface area contributed by atoms with Crippen LogP contribution in [-0.2, 0) is 11.3 Å². The number of benzene rings is 2. The van der Waals surface area contributed by atoms with Crippen molar-refractivity contribution in [2.75, 3.05) is 23.7 Å². The Morgan fingerprint density at radius 3 is 2.45 bits per heavy atom. The van der Waals surface area contributed by atoms with Gasteiger partial charge in [-0.15, -0.1) is 0 Å². The van der Waals surface area contributed by atoms with Gasteiger partial charge in [0.1, 0.15) is 5.82 Å². The van der Waals surface area contributed by atoms with Crippen LogP contribution in [0.25, 0.3) is 0 Å². The maximum atomic E-state index is 11.8. The van der Waals surface area contributed by atoms with Crippen molar-refractivity contribution in [2.24, 2.45) is 5.73 Å². The van der Waals surface area contributed by atoms with Crippen molar-refractivity contribution in [1.82, 2.24) is 9.88 Å². The van der Waals surface area contributed by atoms with Crippen LogP contribution in [0.2, 0.25) is 0 Å². The molecule has 7 nitrogen and oxygen atoms in total. The smallest absolute Gasteiger partial charge is 0.252 e. The van der Waals surface area contributed by atoms with Crippen molar-refractivity contribution in [3.05, 3.63) is 83.6 Å². The van der Waals surface area contributed by atoms with E-state index in [1.54, 1.807) is 13.0 Å². The molecule has 0 aliphatic carbocycles. The second kappa shape index (κ2) is 8.87. The molecule has 0 saturated carbocycles. The Morgan fingerprint density at radius 2 is 1.81 bits per heavy atom. The van der Waals surface area contributed by atoms with Gasteiger partial charge >= 0.3 is 0 Å². The number of amides is 2. The van der Waals surface area contributed by atoms with Gasteiger partial charge in [-0.05, 0) is 23.3 Å². The Kier molecular flexibility index (Phi) is 5.84. The van der Waals surface area contributed by atoms with Crippen LogP contribution in [0.5, 0.6) is 0 Å². The minimum absolute atomic E-state index is 0.122. The van der Waals surface area contributed by atoms with E-state index in [9.17, 15) is 9.59 Å². The van der Waals surface area contributed by atoms with Gasteiger partial charge in [-0.3, -0.25) is 9.59 Å². The molecule has 0 atom stereocenters. The maximum absolute atomic E-state index is 11.8. The van der Waals surface area contributed by atoms with Gasteiger partial charge in [-0.25, -0.2) is 4.98 Å². The lowest BCUT2D eigenvalue weighted by Crippen LogP contribution is -2.47. The molecular weight excluding hydrogens is 390 g/mol. The van der Waals surface area contributed by atoms with Gasteiger partial charge in [0.05, 0.1) is 11.3 Å². The highest BCUT2D eigenvalue weighted by Gasteiger charge is 2.29. The fourth-order valence-electron chi connectivity index (χ4n) is 3.59. The minimum atomic E-state index is -0.529. The van der Waals surface area contributed by atoms with E-state index in [4.69, 9.17) is 5.73 Å². The third kappa shape index (κ3) is 4.83. The number of rotatable bonds is 7. The van der Waals surface area contributed by atoms with Gasteiger partial charge in [-0.2, -0.15) is 0 Å². The first kappa shape index (κ1) is 20.4. The molecule has 158 valence electrons. The SMILES string of the molecule is CC(=O)N1CC(c2ccc(Nc3cc(NCc4ccccc4)c(C(N)=O)cn3)cc2)C1. The first-order valence-corrected chi connectivity index (χ1v) is 10.2. The van der Waals surface area contributed by atoms with Gasteiger partial charge in [0.2, 0.25) is 5.91 Å². The van der Waals surface area contributed by atoms with E-state index in [1.807, 2.05) is 47.4 Å². The number of carbonyl (C=O) groups excluding carboxylic acids is 2. The summed E-state index contributed by atoms with van der Waals surface area (Å²) in [4.78, 5) is 29.3. The van der Waals surface area contributed by atoms with Gasteiger partial charge in [0.25, 0.3) is 5.91 Å². The molecule has 0 spiro atoms. The number of carbonyl (C=O) groups is 2. The minimum Gasteiger partial charge on any atom is -0.380 e. The summed E-state index contributed by atoms with van der Waals surface area (Å²) in [5.41, 5.74) is 9.69. The highest BCUT2D eigenvalue weighted by molar-refractivity contribution is 5.98. The second-order valence-corrected chi connectivity index (χ2v) is 7.69. The predicted octanol–water partition coefficient (Wildman–Crippen LogP) is 3.48. The first-order valence-electron chi connectivity index (χ1n) is 10.2. The molecule has 2 aromatic carbocycles. The van der Waals surface area contributed by atoms with E-state index >= 15 is 0 Å². The maximum Gasteiger partial charge on any atom is 0.252 e. The van der Waals surface area contributed by atoms with Crippen LogP contribution >= 0.6 is 0 Å². The molecule has 4 rings (SSSR count). The molecule has 0 unspecified atom stereocenters. The van der Waals surface area contributed by atoms with Gasteiger partial charge in [-0.1, -0.05) is 42.5 Å². The number of hydrogen-bond acceptors (Lipinski definition) is 5. The number of nitrogens with one attached hydrogen (secondary N) is 2. The molecular formula is C24H25N5O2. The summed E-state index contributed by atoms with van der Waals surface area (Å²) in [6.07, 6.45) is 1.48. The number of hydrogen-bond donors (Lipinski definition) is 3. The number of anilines is 3. The third-order valence-corrected chi connectivity index (χ3v) is 5.48. The largest absolute Gasteiger partial charge is 0.380 e. The standard InChI is InChI=1S/C24H25N5O2/c1-16(30)29-14-19(15-29)18-7-9-20(10-8-18)28-23-11-22(21(13-27-23)24(25)31)26-12-17-5-3-2-4-6-17/h2-11,13,19H,12,14-15H2,1H3,(H2,25,31)(H2,26,27,28). The molecule has 1 aromatic heterocycles. The quantitative estimate of drug-likeness (QED) is 0.549. The Hall–Kier alpha value is -3.87.